The van der Waals surface area contributed by atoms with Crippen LogP contribution in [-0.2, 0) is 4.79 Å². The van der Waals surface area contributed by atoms with Gasteiger partial charge in [-0.1, -0.05) is 13.8 Å². The summed E-state index contributed by atoms with van der Waals surface area (Å²) in [6, 6.07) is 1.24. The van der Waals surface area contributed by atoms with E-state index >= 15 is 0 Å². The highest BCUT2D eigenvalue weighted by atomic mass is 16.1. The maximum Gasteiger partial charge on any atom is 0.132 e. The molecule has 0 amide bonds. The highest BCUT2D eigenvalue weighted by molar-refractivity contribution is 5.78. The number of likely N-dealkylation sites (tertiary alicyclic amines) is 1. The Morgan fingerprint density at radius 3 is 2.55 bits per heavy atom. The van der Waals surface area contributed by atoms with Gasteiger partial charge in [-0.2, -0.15) is 0 Å². The van der Waals surface area contributed by atoms with E-state index in [-0.39, 0.29) is 12.0 Å². The fourth-order valence-electron chi connectivity index (χ4n) is 3.50. The number of carbonyl (C=O) groups excluding carboxylic acids is 1. The Hall–Kier alpha value is -0.450. The van der Waals surface area contributed by atoms with E-state index in [1.807, 2.05) is 20.9 Å². The van der Waals surface area contributed by atoms with Crippen LogP contribution in [0.2, 0.25) is 0 Å². The first-order chi connectivity index (χ1) is 9.61. The molecule has 0 radical (unpaired) electrons. The van der Waals surface area contributed by atoms with Crippen LogP contribution < -0.4 is 11.1 Å². The molecule has 20 heavy (non-hydrogen) atoms. The number of nitrogens with two attached hydrogens (primary N) is 1. The van der Waals surface area contributed by atoms with Gasteiger partial charge in [-0.05, 0) is 52.6 Å². The number of likely N-dealkylation sites (N-methyl/N-ethyl adjacent to an activating group) is 1. The number of carbonyl (C=O) groups is 1. The van der Waals surface area contributed by atoms with E-state index in [9.17, 15) is 4.79 Å². The summed E-state index contributed by atoms with van der Waals surface area (Å²) in [5.74, 6) is 0.582. The first kappa shape index (κ1) is 17.6. The van der Waals surface area contributed by atoms with Crippen LogP contribution in [0.1, 0.15) is 52.9 Å². The fraction of sp³-hybridized carbons (Fsp3) is 0.938. The summed E-state index contributed by atoms with van der Waals surface area (Å²) >= 11 is 0. The molecular formula is C16H33N3O. The summed E-state index contributed by atoms with van der Waals surface area (Å²) in [5, 5.41) is 3.37. The molecule has 0 spiro atoms. The van der Waals surface area contributed by atoms with E-state index in [0.29, 0.717) is 17.9 Å². The molecule has 2 rings (SSSR count). The van der Waals surface area contributed by atoms with Crippen molar-refractivity contribution < 1.29 is 4.79 Å². The summed E-state index contributed by atoms with van der Waals surface area (Å²) in [6.07, 6.45) is 5.43. The number of hydrogen-bond donors (Lipinski definition) is 2. The molecule has 118 valence electrons. The van der Waals surface area contributed by atoms with Crippen molar-refractivity contribution in [1.29, 1.82) is 0 Å². The standard InChI is InChI=1S/C14H27N3O.C2H6/c1-10(18)11-5-6-13(15)14(8-11)17-7-3-4-12(9-17)16-2;1-2/h11-14,16H,3-9,15H2,1-2H3;1-2H3. The van der Waals surface area contributed by atoms with Crippen LogP contribution in [-0.4, -0.2) is 48.9 Å². The van der Waals surface area contributed by atoms with Gasteiger partial charge in [0.25, 0.3) is 0 Å². The molecule has 4 nitrogen and oxygen atoms in total. The molecule has 0 aromatic heterocycles. The van der Waals surface area contributed by atoms with Gasteiger partial charge in [-0.3, -0.25) is 9.69 Å². The van der Waals surface area contributed by atoms with Gasteiger partial charge in [-0.15, -0.1) is 0 Å². The number of piperidine rings is 1. The van der Waals surface area contributed by atoms with E-state index < -0.39 is 0 Å². The van der Waals surface area contributed by atoms with Crippen molar-refractivity contribution in [2.24, 2.45) is 11.7 Å². The van der Waals surface area contributed by atoms with Crippen molar-refractivity contribution >= 4 is 5.78 Å². The largest absolute Gasteiger partial charge is 0.326 e. The van der Waals surface area contributed by atoms with Crippen LogP contribution in [0.25, 0.3) is 0 Å². The third-order valence-electron chi connectivity index (χ3n) is 4.77. The van der Waals surface area contributed by atoms with Crippen LogP contribution >= 0.6 is 0 Å². The summed E-state index contributed by atoms with van der Waals surface area (Å²) in [7, 11) is 2.04. The fourth-order valence-corrected chi connectivity index (χ4v) is 3.50. The van der Waals surface area contributed by atoms with Crippen LogP contribution in [0, 0.1) is 5.92 Å². The maximum atomic E-state index is 11.6. The minimum atomic E-state index is 0.241. The Bertz CT molecular complexity index is 295. The number of ketones is 1. The predicted octanol–water partition coefficient (Wildman–Crippen LogP) is 1.78. The zero-order chi connectivity index (χ0) is 15.1. The summed E-state index contributed by atoms with van der Waals surface area (Å²) < 4.78 is 0. The van der Waals surface area contributed by atoms with E-state index in [1.54, 1.807) is 6.92 Å². The van der Waals surface area contributed by atoms with Gasteiger partial charge in [0, 0.05) is 30.6 Å². The molecule has 0 aromatic carbocycles. The lowest BCUT2D eigenvalue weighted by molar-refractivity contribution is -0.122. The summed E-state index contributed by atoms with van der Waals surface area (Å²) in [4.78, 5) is 14.1. The molecular weight excluding hydrogens is 250 g/mol. The molecule has 0 bridgehead atoms. The highest BCUT2D eigenvalue weighted by Crippen LogP contribution is 2.29. The molecule has 1 aliphatic heterocycles. The first-order valence-electron chi connectivity index (χ1n) is 8.29. The van der Waals surface area contributed by atoms with Crippen molar-refractivity contribution in [2.45, 2.75) is 71.0 Å². The third kappa shape index (κ3) is 4.54. The van der Waals surface area contributed by atoms with Gasteiger partial charge in [0.15, 0.2) is 0 Å². The Morgan fingerprint density at radius 1 is 1.25 bits per heavy atom. The van der Waals surface area contributed by atoms with Gasteiger partial charge >= 0.3 is 0 Å². The van der Waals surface area contributed by atoms with Gasteiger partial charge in [0.05, 0.1) is 0 Å². The maximum absolute atomic E-state index is 11.6. The second kappa shape index (κ2) is 8.75. The minimum absolute atomic E-state index is 0.241. The van der Waals surface area contributed by atoms with Crippen molar-refractivity contribution in [3.8, 4) is 0 Å². The van der Waals surface area contributed by atoms with Gasteiger partial charge in [0.1, 0.15) is 5.78 Å². The minimum Gasteiger partial charge on any atom is -0.326 e. The molecule has 4 unspecified atom stereocenters. The zero-order valence-electron chi connectivity index (χ0n) is 13.7. The zero-order valence-corrected chi connectivity index (χ0v) is 13.7. The number of nitrogens with zero attached hydrogens (tertiary/aromatic N) is 1. The Kier molecular flexibility index (Phi) is 7.70. The van der Waals surface area contributed by atoms with E-state index in [2.05, 4.69) is 10.2 Å². The van der Waals surface area contributed by atoms with E-state index in [4.69, 9.17) is 5.73 Å². The van der Waals surface area contributed by atoms with E-state index in [1.165, 1.54) is 12.8 Å². The van der Waals surface area contributed by atoms with Crippen LogP contribution in [0.15, 0.2) is 0 Å². The highest BCUT2D eigenvalue weighted by Gasteiger charge is 2.35. The van der Waals surface area contributed by atoms with Gasteiger partial charge in [0.2, 0.25) is 0 Å². The Balaban J connectivity index is 0.000000956. The molecule has 4 atom stereocenters. The van der Waals surface area contributed by atoms with Crippen molar-refractivity contribution in [2.75, 3.05) is 20.1 Å². The normalized spacial score (nSPS) is 35.0. The lowest BCUT2D eigenvalue weighted by Crippen LogP contribution is -2.57. The number of hydrogen-bond acceptors (Lipinski definition) is 4. The quantitative estimate of drug-likeness (QED) is 0.829. The number of rotatable bonds is 3. The molecule has 2 fully saturated rings. The summed E-state index contributed by atoms with van der Waals surface area (Å²) in [5.41, 5.74) is 6.29. The Labute approximate surface area is 124 Å². The Morgan fingerprint density at radius 2 is 1.95 bits per heavy atom. The smallest absolute Gasteiger partial charge is 0.132 e. The molecule has 1 saturated heterocycles. The molecule has 0 aromatic rings. The monoisotopic (exact) mass is 283 g/mol. The van der Waals surface area contributed by atoms with Crippen LogP contribution in [0.5, 0.6) is 0 Å². The molecule has 1 saturated carbocycles. The molecule has 1 heterocycles. The third-order valence-corrected chi connectivity index (χ3v) is 4.77. The SMILES string of the molecule is CC.CNC1CCCN(C2CC(C(C)=O)CCC2N)C1. The second-order valence-corrected chi connectivity index (χ2v) is 5.97. The molecule has 2 aliphatic rings. The number of nitrogens with one attached hydrogen (secondary N) is 1. The van der Waals surface area contributed by atoms with Crippen molar-refractivity contribution in [3.63, 3.8) is 0 Å². The lowest BCUT2D eigenvalue weighted by Gasteiger charge is -2.44. The van der Waals surface area contributed by atoms with Crippen LogP contribution in [0.4, 0.5) is 0 Å². The van der Waals surface area contributed by atoms with Gasteiger partial charge < -0.3 is 11.1 Å². The molecule has 1 aliphatic carbocycles. The summed E-state index contributed by atoms with van der Waals surface area (Å²) in [6.45, 7) is 7.95. The molecule has 4 heteroatoms. The first-order valence-corrected chi connectivity index (χ1v) is 8.29. The average Bonchev–Trinajstić information content (AvgIpc) is 2.49. The topological polar surface area (TPSA) is 58.4 Å². The predicted molar refractivity (Wildman–Crippen MR) is 84.8 cm³/mol. The molecule has 3 N–H and O–H groups in total. The average molecular weight is 283 g/mol. The van der Waals surface area contributed by atoms with Crippen molar-refractivity contribution in [1.82, 2.24) is 10.2 Å². The van der Waals surface area contributed by atoms with Crippen LogP contribution in [0.3, 0.4) is 0 Å². The second-order valence-electron chi connectivity index (χ2n) is 5.97. The van der Waals surface area contributed by atoms with Gasteiger partial charge in [-0.25, -0.2) is 0 Å². The van der Waals surface area contributed by atoms with E-state index in [0.717, 1.165) is 32.4 Å². The number of Topliss-reactive ketones (excluding diaryl/α,β-unsaturated/α-hetero) is 1. The van der Waals surface area contributed by atoms with Crippen molar-refractivity contribution in [3.05, 3.63) is 0 Å². The lowest BCUT2D eigenvalue weighted by atomic mass is 9.79.